The Kier molecular flexibility index (Phi) is 4.07. The van der Waals surface area contributed by atoms with Gasteiger partial charge in [0.25, 0.3) is 0 Å². The molecule has 0 radical (unpaired) electrons. The van der Waals surface area contributed by atoms with Crippen LogP contribution in [-0.4, -0.2) is 35.7 Å². The Labute approximate surface area is 84.4 Å². The summed E-state index contributed by atoms with van der Waals surface area (Å²) < 4.78 is 0. The molecule has 0 aliphatic carbocycles. The van der Waals surface area contributed by atoms with E-state index in [-0.39, 0.29) is 5.91 Å². The number of carbonyl (C=O) groups excluding carboxylic acids is 2. The molecule has 1 aliphatic heterocycles. The zero-order valence-electron chi connectivity index (χ0n) is 8.61. The van der Waals surface area contributed by atoms with Crippen LogP contribution >= 0.6 is 0 Å². The van der Waals surface area contributed by atoms with Gasteiger partial charge < -0.3 is 15.4 Å². The van der Waals surface area contributed by atoms with Crippen molar-refractivity contribution in [1.82, 2.24) is 4.90 Å². The van der Waals surface area contributed by atoms with Crippen LogP contribution in [0.2, 0.25) is 0 Å². The number of rotatable bonds is 4. The average Bonchev–Trinajstić information content (AvgIpc) is 2.60. The fourth-order valence-corrected chi connectivity index (χ4v) is 1.81. The second-order valence-corrected chi connectivity index (χ2v) is 3.92. The quantitative estimate of drug-likeness (QED) is 0.661. The van der Waals surface area contributed by atoms with E-state index in [1.165, 1.54) is 0 Å². The molecule has 0 bridgehead atoms. The summed E-state index contributed by atoms with van der Waals surface area (Å²) in [5.41, 5.74) is 5.42. The minimum absolute atomic E-state index is 0.132. The molecule has 0 saturated carbocycles. The lowest BCUT2D eigenvalue weighted by Crippen LogP contribution is -2.34. The first kappa shape index (κ1) is 11.2. The smallest absolute Gasteiger partial charge is 0.222 e. The van der Waals surface area contributed by atoms with E-state index < -0.39 is 6.04 Å². The molecule has 1 aliphatic rings. The van der Waals surface area contributed by atoms with Gasteiger partial charge in [-0.1, -0.05) is 0 Å². The number of hydrogen-bond donors (Lipinski definition) is 1. The number of likely N-dealkylation sites (tertiary alicyclic amines) is 1. The van der Waals surface area contributed by atoms with Crippen molar-refractivity contribution in [2.75, 3.05) is 6.54 Å². The third-order valence-corrected chi connectivity index (χ3v) is 2.74. The second kappa shape index (κ2) is 5.10. The number of aldehydes is 1. The van der Waals surface area contributed by atoms with Crippen LogP contribution in [0, 0.1) is 0 Å². The van der Waals surface area contributed by atoms with E-state index in [1.54, 1.807) is 0 Å². The fourth-order valence-electron chi connectivity index (χ4n) is 1.81. The van der Waals surface area contributed by atoms with Crippen LogP contribution in [0.25, 0.3) is 0 Å². The van der Waals surface area contributed by atoms with Gasteiger partial charge in [0.15, 0.2) is 0 Å². The van der Waals surface area contributed by atoms with Gasteiger partial charge in [0.05, 0.1) is 6.04 Å². The lowest BCUT2D eigenvalue weighted by atomic mass is 10.1. The summed E-state index contributed by atoms with van der Waals surface area (Å²) in [6, 6.07) is -0.133. The predicted molar refractivity (Wildman–Crippen MR) is 53.7 cm³/mol. The average molecular weight is 198 g/mol. The zero-order chi connectivity index (χ0) is 10.6. The van der Waals surface area contributed by atoms with Gasteiger partial charge >= 0.3 is 0 Å². The normalized spacial score (nSPS) is 23.6. The Morgan fingerprint density at radius 3 is 2.93 bits per heavy atom. The lowest BCUT2D eigenvalue weighted by Gasteiger charge is -2.21. The summed E-state index contributed by atoms with van der Waals surface area (Å²) in [6.45, 7) is 2.92. The maximum atomic E-state index is 11.6. The van der Waals surface area contributed by atoms with Crippen LogP contribution in [0.5, 0.6) is 0 Å². The van der Waals surface area contributed by atoms with Gasteiger partial charge in [-0.25, -0.2) is 0 Å². The third-order valence-electron chi connectivity index (χ3n) is 2.74. The molecule has 1 rings (SSSR count). The minimum atomic E-state index is -0.489. The molecule has 0 aromatic carbocycles. The van der Waals surface area contributed by atoms with E-state index in [2.05, 4.69) is 6.92 Å². The van der Waals surface area contributed by atoms with Gasteiger partial charge in [0.2, 0.25) is 5.91 Å². The molecule has 0 aromatic heterocycles. The molecule has 0 aromatic rings. The van der Waals surface area contributed by atoms with Crippen molar-refractivity contribution in [1.29, 1.82) is 0 Å². The molecule has 0 spiro atoms. The zero-order valence-corrected chi connectivity index (χ0v) is 8.61. The maximum Gasteiger partial charge on any atom is 0.222 e. The molecule has 2 atom stereocenters. The van der Waals surface area contributed by atoms with Gasteiger partial charge in [-0.3, -0.25) is 4.79 Å². The van der Waals surface area contributed by atoms with Crippen molar-refractivity contribution in [3.05, 3.63) is 0 Å². The highest BCUT2D eigenvalue weighted by Crippen LogP contribution is 2.17. The molecular weight excluding hydrogens is 180 g/mol. The molecule has 1 amide bonds. The number of amides is 1. The second-order valence-electron chi connectivity index (χ2n) is 3.92. The largest absolute Gasteiger partial charge is 0.340 e. The molecule has 2 N–H and O–H groups in total. The first-order chi connectivity index (χ1) is 6.65. The molecule has 1 saturated heterocycles. The Morgan fingerprint density at radius 2 is 2.43 bits per heavy atom. The van der Waals surface area contributed by atoms with Crippen LogP contribution < -0.4 is 5.73 Å². The van der Waals surface area contributed by atoms with Gasteiger partial charge in [0.1, 0.15) is 6.29 Å². The molecule has 80 valence electrons. The number of nitrogens with two attached hydrogens (primary N) is 1. The van der Waals surface area contributed by atoms with Gasteiger partial charge in [-0.2, -0.15) is 0 Å². The van der Waals surface area contributed by atoms with Crippen molar-refractivity contribution in [2.24, 2.45) is 5.73 Å². The number of nitrogens with zero attached hydrogens (tertiary/aromatic N) is 1. The maximum absolute atomic E-state index is 11.6. The Bertz CT molecular complexity index is 218. The number of hydrogen-bond acceptors (Lipinski definition) is 3. The van der Waals surface area contributed by atoms with E-state index in [0.29, 0.717) is 25.2 Å². The molecule has 4 heteroatoms. The predicted octanol–water partition coefficient (Wildman–Crippen LogP) is 0.304. The van der Waals surface area contributed by atoms with E-state index in [0.717, 1.165) is 19.4 Å². The molecular formula is C10H18N2O2. The lowest BCUT2D eigenvalue weighted by molar-refractivity contribution is -0.131. The third kappa shape index (κ3) is 2.80. The van der Waals surface area contributed by atoms with Gasteiger partial charge in [0, 0.05) is 19.0 Å². The number of carbonyl (C=O) groups is 2. The van der Waals surface area contributed by atoms with Crippen LogP contribution in [0.3, 0.4) is 0 Å². The fraction of sp³-hybridized carbons (Fsp3) is 0.800. The summed E-state index contributed by atoms with van der Waals surface area (Å²) in [7, 11) is 0. The first-order valence-electron chi connectivity index (χ1n) is 5.15. The van der Waals surface area contributed by atoms with Crippen LogP contribution in [0.15, 0.2) is 0 Å². The van der Waals surface area contributed by atoms with E-state index in [4.69, 9.17) is 5.73 Å². The van der Waals surface area contributed by atoms with E-state index in [9.17, 15) is 9.59 Å². The summed E-state index contributed by atoms with van der Waals surface area (Å²) >= 11 is 0. The van der Waals surface area contributed by atoms with Crippen molar-refractivity contribution >= 4 is 12.2 Å². The monoisotopic (exact) mass is 198 g/mol. The van der Waals surface area contributed by atoms with Crippen LogP contribution in [-0.2, 0) is 9.59 Å². The summed E-state index contributed by atoms with van der Waals surface area (Å²) in [5.74, 6) is 0.132. The van der Waals surface area contributed by atoms with Crippen molar-refractivity contribution in [3.63, 3.8) is 0 Å². The molecule has 2 unspecified atom stereocenters. The van der Waals surface area contributed by atoms with Crippen LogP contribution in [0.1, 0.15) is 32.6 Å². The summed E-state index contributed by atoms with van der Waals surface area (Å²) in [4.78, 5) is 23.8. The van der Waals surface area contributed by atoms with Gasteiger partial charge in [-0.05, 0) is 26.2 Å². The van der Waals surface area contributed by atoms with Crippen molar-refractivity contribution in [2.45, 2.75) is 44.7 Å². The SMILES string of the molecule is CC1CCCN1C(=O)CCC(N)C=O. The Morgan fingerprint density at radius 1 is 1.71 bits per heavy atom. The van der Waals surface area contributed by atoms with E-state index in [1.807, 2.05) is 4.90 Å². The van der Waals surface area contributed by atoms with Crippen molar-refractivity contribution in [3.8, 4) is 0 Å². The molecule has 1 heterocycles. The van der Waals surface area contributed by atoms with Gasteiger partial charge in [-0.15, -0.1) is 0 Å². The summed E-state index contributed by atoms with van der Waals surface area (Å²) in [5, 5.41) is 0. The first-order valence-corrected chi connectivity index (χ1v) is 5.15. The molecule has 1 fully saturated rings. The Balaban J connectivity index is 2.30. The molecule has 14 heavy (non-hydrogen) atoms. The van der Waals surface area contributed by atoms with Crippen molar-refractivity contribution < 1.29 is 9.59 Å². The minimum Gasteiger partial charge on any atom is -0.340 e. The topological polar surface area (TPSA) is 63.4 Å². The summed E-state index contributed by atoms with van der Waals surface area (Å²) in [6.07, 6.45) is 3.73. The van der Waals surface area contributed by atoms with E-state index >= 15 is 0 Å². The highest BCUT2D eigenvalue weighted by Gasteiger charge is 2.24. The Hall–Kier alpha value is -0.900. The standard InChI is InChI=1S/C10H18N2O2/c1-8-3-2-6-12(8)10(14)5-4-9(11)7-13/h7-9H,2-6,11H2,1H3. The van der Waals surface area contributed by atoms with Crippen LogP contribution in [0.4, 0.5) is 0 Å². The highest BCUT2D eigenvalue weighted by atomic mass is 16.2. The molecule has 4 nitrogen and oxygen atoms in total. The highest BCUT2D eigenvalue weighted by molar-refractivity contribution is 5.77.